The number of aromatic hydroxyl groups is 1. The third-order valence-electron chi connectivity index (χ3n) is 4.97. The van der Waals surface area contributed by atoms with Crippen LogP contribution in [-0.2, 0) is 11.3 Å². The molecule has 0 unspecified atom stereocenters. The van der Waals surface area contributed by atoms with E-state index in [0.717, 1.165) is 21.7 Å². The Balaban J connectivity index is 1.55. The zero-order valence-electron chi connectivity index (χ0n) is 16.0. The summed E-state index contributed by atoms with van der Waals surface area (Å²) >= 11 is 0. The fourth-order valence-electron chi connectivity index (χ4n) is 3.50. The molecule has 148 valence electrons. The quantitative estimate of drug-likeness (QED) is 0.383. The van der Waals surface area contributed by atoms with E-state index in [4.69, 9.17) is 10.00 Å². The van der Waals surface area contributed by atoms with E-state index in [9.17, 15) is 14.7 Å². The van der Waals surface area contributed by atoms with Crippen molar-refractivity contribution in [2.45, 2.75) is 13.0 Å². The largest absolute Gasteiger partial charge is 0.507 e. The van der Waals surface area contributed by atoms with Crippen LogP contribution in [0.4, 0.5) is 0 Å². The Kier molecular flexibility index (Phi) is 5.19. The molecule has 6 nitrogen and oxygen atoms in total. The number of ether oxygens (including phenoxy) is 1. The van der Waals surface area contributed by atoms with Crippen molar-refractivity contribution in [1.29, 1.82) is 5.26 Å². The van der Waals surface area contributed by atoms with Crippen molar-refractivity contribution < 1.29 is 19.4 Å². The van der Waals surface area contributed by atoms with Crippen LogP contribution in [0, 0.1) is 11.3 Å². The second-order valence-electron chi connectivity index (χ2n) is 6.88. The third kappa shape index (κ3) is 3.61. The monoisotopic (exact) mass is 398 g/mol. The molecule has 0 fully saturated rings. The third-order valence-corrected chi connectivity index (χ3v) is 4.97. The molecule has 4 rings (SSSR count). The van der Waals surface area contributed by atoms with E-state index in [1.807, 2.05) is 53.1 Å². The summed E-state index contributed by atoms with van der Waals surface area (Å²) in [7, 11) is 0. The summed E-state index contributed by atoms with van der Waals surface area (Å²) in [6, 6.07) is 19.9. The van der Waals surface area contributed by atoms with Crippen LogP contribution in [-0.4, -0.2) is 28.0 Å². The number of hydrogen-bond donors (Lipinski definition) is 1. The molecule has 0 aliphatic carbocycles. The number of aromatic nitrogens is 1. The Morgan fingerprint density at radius 1 is 1.00 bits per heavy atom. The number of rotatable bonds is 6. The molecular formula is C24H18N2O4. The van der Waals surface area contributed by atoms with Gasteiger partial charge < -0.3 is 14.4 Å². The van der Waals surface area contributed by atoms with Crippen molar-refractivity contribution >= 4 is 33.4 Å². The number of esters is 1. The number of hydrogen-bond acceptors (Lipinski definition) is 5. The molecular weight excluding hydrogens is 380 g/mol. The number of nitrogens with zero attached hydrogens (tertiary/aromatic N) is 2. The molecule has 3 aromatic carbocycles. The van der Waals surface area contributed by atoms with Crippen LogP contribution in [0.5, 0.6) is 5.75 Å². The lowest BCUT2D eigenvalue weighted by Crippen LogP contribution is -2.14. The number of para-hydroxylation sites is 1. The minimum atomic E-state index is -0.764. The Labute approximate surface area is 172 Å². The lowest BCUT2D eigenvalue weighted by atomic mass is 10.1. The summed E-state index contributed by atoms with van der Waals surface area (Å²) < 4.78 is 7.05. The van der Waals surface area contributed by atoms with E-state index in [-0.39, 0.29) is 17.1 Å². The molecule has 0 atom stereocenters. The molecule has 6 heteroatoms. The van der Waals surface area contributed by atoms with Gasteiger partial charge in [-0.15, -0.1) is 0 Å². The average molecular weight is 398 g/mol. The topological polar surface area (TPSA) is 92.3 Å². The molecule has 0 aliphatic rings. The van der Waals surface area contributed by atoms with E-state index < -0.39 is 12.6 Å². The van der Waals surface area contributed by atoms with Gasteiger partial charge in [0.25, 0.3) is 0 Å². The maximum Gasteiger partial charge on any atom is 0.342 e. The van der Waals surface area contributed by atoms with E-state index in [0.29, 0.717) is 18.5 Å². The number of nitriles is 1. The van der Waals surface area contributed by atoms with Gasteiger partial charge in [-0.05, 0) is 29.0 Å². The summed E-state index contributed by atoms with van der Waals surface area (Å²) in [4.78, 5) is 25.2. The van der Waals surface area contributed by atoms with Crippen LogP contribution < -0.4 is 0 Å². The highest BCUT2D eigenvalue weighted by Gasteiger charge is 2.19. The van der Waals surface area contributed by atoms with Gasteiger partial charge in [-0.25, -0.2) is 4.79 Å². The van der Waals surface area contributed by atoms with Crippen LogP contribution in [0.1, 0.15) is 27.1 Å². The highest BCUT2D eigenvalue weighted by atomic mass is 16.5. The number of aryl methyl sites for hydroxylation is 1. The van der Waals surface area contributed by atoms with Gasteiger partial charge >= 0.3 is 5.97 Å². The van der Waals surface area contributed by atoms with Crippen LogP contribution in [0.3, 0.4) is 0 Å². The van der Waals surface area contributed by atoms with Crippen molar-refractivity contribution in [2.24, 2.45) is 0 Å². The predicted molar refractivity (Wildman–Crippen MR) is 112 cm³/mol. The van der Waals surface area contributed by atoms with Gasteiger partial charge in [-0.2, -0.15) is 5.26 Å². The number of fused-ring (bicyclic) bond motifs is 2. The molecule has 0 spiro atoms. The molecule has 0 saturated carbocycles. The SMILES string of the molecule is N#CCCn1cc(C(=O)COC(=O)c2cc3ccccc3cc2O)c2ccccc21. The summed E-state index contributed by atoms with van der Waals surface area (Å²) in [6.45, 7) is 0.0202. The standard InChI is InChI=1S/C24H18N2O4/c25-10-5-11-26-14-20(18-8-3-4-9-21(18)26)23(28)15-30-24(29)19-12-16-6-1-2-7-17(16)13-22(19)27/h1-4,6-9,12-14,27H,5,11,15H2. The number of phenolic OH excluding ortho intramolecular Hbond substituents is 1. The first-order valence-corrected chi connectivity index (χ1v) is 9.45. The van der Waals surface area contributed by atoms with E-state index in [1.165, 1.54) is 6.07 Å². The van der Waals surface area contributed by atoms with Crippen LogP contribution in [0.2, 0.25) is 0 Å². The maximum absolute atomic E-state index is 12.8. The lowest BCUT2D eigenvalue weighted by molar-refractivity contribution is 0.0472. The Bertz CT molecular complexity index is 1310. The number of phenols is 1. The van der Waals surface area contributed by atoms with Crippen molar-refractivity contribution in [2.75, 3.05) is 6.61 Å². The summed E-state index contributed by atoms with van der Waals surface area (Å²) in [5, 5.41) is 21.3. The van der Waals surface area contributed by atoms with Crippen LogP contribution in [0.25, 0.3) is 21.7 Å². The first-order chi connectivity index (χ1) is 14.6. The van der Waals surface area contributed by atoms with Gasteiger partial charge in [0.1, 0.15) is 11.3 Å². The summed E-state index contributed by atoms with van der Waals surface area (Å²) in [5.41, 5.74) is 1.28. The van der Waals surface area contributed by atoms with Gasteiger partial charge in [0.2, 0.25) is 5.78 Å². The highest BCUT2D eigenvalue weighted by Crippen LogP contribution is 2.26. The molecule has 1 aromatic heterocycles. The fourth-order valence-corrected chi connectivity index (χ4v) is 3.50. The molecule has 30 heavy (non-hydrogen) atoms. The zero-order chi connectivity index (χ0) is 21.1. The Hall–Kier alpha value is -4.11. The van der Waals surface area contributed by atoms with Gasteiger partial charge in [-0.3, -0.25) is 4.79 Å². The number of carbonyl (C=O) groups is 2. The molecule has 0 saturated heterocycles. The lowest BCUT2D eigenvalue weighted by Gasteiger charge is -2.07. The molecule has 0 aliphatic heterocycles. The number of carbonyl (C=O) groups excluding carboxylic acids is 2. The summed E-state index contributed by atoms with van der Waals surface area (Å²) in [6.07, 6.45) is 2.01. The smallest absolute Gasteiger partial charge is 0.342 e. The molecule has 0 bridgehead atoms. The van der Waals surface area contributed by atoms with Crippen molar-refractivity contribution in [1.82, 2.24) is 4.57 Å². The van der Waals surface area contributed by atoms with Crippen LogP contribution in [0.15, 0.2) is 66.9 Å². The first kappa shape index (κ1) is 19.2. The molecule has 0 radical (unpaired) electrons. The molecule has 1 N–H and O–H groups in total. The molecule has 1 heterocycles. The second kappa shape index (κ2) is 8.10. The van der Waals surface area contributed by atoms with Gasteiger partial charge in [0.05, 0.1) is 12.5 Å². The molecule has 0 amide bonds. The Morgan fingerprint density at radius 3 is 2.47 bits per heavy atom. The fraction of sp³-hybridized carbons (Fsp3) is 0.125. The van der Waals surface area contributed by atoms with E-state index >= 15 is 0 Å². The van der Waals surface area contributed by atoms with Gasteiger partial charge in [-0.1, -0.05) is 42.5 Å². The zero-order valence-corrected chi connectivity index (χ0v) is 16.0. The number of Topliss-reactive ketones (excluding diaryl/α,β-unsaturated/α-hetero) is 1. The summed E-state index contributed by atoms with van der Waals surface area (Å²) in [5.74, 6) is -1.31. The second-order valence-corrected chi connectivity index (χ2v) is 6.88. The van der Waals surface area contributed by atoms with Gasteiger partial charge in [0.15, 0.2) is 6.61 Å². The van der Waals surface area contributed by atoms with E-state index in [2.05, 4.69) is 6.07 Å². The highest BCUT2D eigenvalue weighted by molar-refractivity contribution is 6.09. The average Bonchev–Trinajstić information content (AvgIpc) is 3.14. The first-order valence-electron chi connectivity index (χ1n) is 9.45. The van der Waals surface area contributed by atoms with E-state index in [1.54, 1.807) is 12.3 Å². The minimum absolute atomic E-state index is 0.0120. The Morgan fingerprint density at radius 2 is 1.70 bits per heavy atom. The van der Waals surface area contributed by atoms with Gasteiger partial charge in [0, 0.05) is 29.2 Å². The number of ketones is 1. The normalized spacial score (nSPS) is 10.8. The van der Waals surface area contributed by atoms with Crippen molar-refractivity contribution in [3.63, 3.8) is 0 Å². The van der Waals surface area contributed by atoms with Crippen molar-refractivity contribution in [3.8, 4) is 11.8 Å². The minimum Gasteiger partial charge on any atom is -0.507 e. The number of benzene rings is 3. The van der Waals surface area contributed by atoms with Crippen LogP contribution >= 0.6 is 0 Å². The predicted octanol–water partition coefficient (Wildman–Crippen LogP) is 4.45. The van der Waals surface area contributed by atoms with Crippen molar-refractivity contribution in [3.05, 3.63) is 78.0 Å². The molecule has 4 aromatic rings. The maximum atomic E-state index is 12.8.